The van der Waals surface area contributed by atoms with Gasteiger partial charge in [0.15, 0.2) is 0 Å². The van der Waals surface area contributed by atoms with Crippen LogP contribution in [0.2, 0.25) is 0 Å². The SMILES string of the molecule is Cc1cc(-c2nc(C(C)(C)C)cc(=O)[nH]2)ccc1F. The summed E-state index contributed by atoms with van der Waals surface area (Å²) in [6.45, 7) is 7.67. The third-order valence-electron chi connectivity index (χ3n) is 2.94. The Labute approximate surface area is 111 Å². The van der Waals surface area contributed by atoms with Gasteiger partial charge in [0.25, 0.3) is 5.56 Å². The molecule has 2 rings (SSSR count). The number of nitrogens with one attached hydrogen (secondary N) is 1. The summed E-state index contributed by atoms with van der Waals surface area (Å²) >= 11 is 0. The van der Waals surface area contributed by atoms with Crippen molar-refractivity contribution in [3.8, 4) is 11.4 Å². The molecule has 0 spiro atoms. The Kier molecular flexibility index (Phi) is 3.27. The molecule has 100 valence electrons. The van der Waals surface area contributed by atoms with E-state index in [0.717, 1.165) is 0 Å². The molecule has 3 nitrogen and oxygen atoms in total. The molecule has 0 saturated heterocycles. The van der Waals surface area contributed by atoms with Gasteiger partial charge in [-0.25, -0.2) is 9.37 Å². The predicted octanol–water partition coefficient (Wildman–Crippen LogP) is 3.18. The number of halogens is 1. The highest BCUT2D eigenvalue weighted by Gasteiger charge is 2.17. The maximum absolute atomic E-state index is 13.3. The van der Waals surface area contributed by atoms with E-state index in [4.69, 9.17) is 0 Å². The van der Waals surface area contributed by atoms with Crippen molar-refractivity contribution in [1.82, 2.24) is 9.97 Å². The number of nitrogens with zero attached hydrogens (tertiary/aromatic N) is 1. The van der Waals surface area contributed by atoms with Crippen LogP contribution in [0.1, 0.15) is 32.0 Å². The molecule has 19 heavy (non-hydrogen) atoms. The summed E-state index contributed by atoms with van der Waals surface area (Å²) in [5, 5.41) is 0. The fraction of sp³-hybridized carbons (Fsp3) is 0.333. The molecule has 1 aromatic carbocycles. The maximum Gasteiger partial charge on any atom is 0.251 e. The Morgan fingerprint density at radius 2 is 1.89 bits per heavy atom. The lowest BCUT2D eigenvalue weighted by Crippen LogP contribution is -2.19. The Hall–Kier alpha value is -1.97. The van der Waals surface area contributed by atoms with Gasteiger partial charge in [-0.05, 0) is 30.7 Å². The van der Waals surface area contributed by atoms with E-state index >= 15 is 0 Å². The Morgan fingerprint density at radius 3 is 2.47 bits per heavy atom. The summed E-state index contributed by atoms with van der Waals surface area (Å²) in [5.41, 5.74) is 1.55. The van der Waals surface area contributed by atoms with Crippen LogP contribution in [0.15, 0.2) is 29.1 Å². The minimum Gasteiger partial charge on any atom is -0.307 e. The number of hydrogen-bond donors (Lipinski definition) is 1. The Bertz CT molecular complexity index is 669. The molecular weight excluding hydrogens is 243 g/mol. The number of aromatic amines is 1. The first-order valence-corrected chi connectivity index (χ1v) is 6.16. The van der Waals surface area contributed by atoms with Crippen molar-refractivity contribution >= 4 is 0 Å². The Balaban J connectivity index is 2.59. The van der Waals surface area contributed by atoms with Gasteiger partial charge in [-0.1, -0.05) is 20.8 Å². The second-order valence-corrected chi connectivity index (χ2v) is 5.69. The third kappa shape index (κ3) is 2.89. The largest absolute Gasteiger partial charge is 0.307 e. The van der Waals surface area contributed by atoms with Gasteiger partial charge < -0.3 is 4.98 Å². The highest BCUT2D eigenvalue weighted by Crippen LogP contribution is 2.22. The molecule has 0 saturated carbocycles. The van der Waals surface area contributed by atoms with Crippen molar-refractivity contribution in [2.45, 2.75) is 33.1 Å². The van der Waals surface area contributed by atoms with Gasteiger partial charge in [0.2, 0.25) is 0 Å². The Morgan fingerprint density at radius 1 is 1.21 bits per heavy atom. The first kappa shape index (κ1) is 13.5. The van der Waals surface area contributed by atoms with Gasteiger partial charge in [0, 0.05) is 17.0 Å². The van der Waals surface area contributed by atoms with Gasteiger partial charge >= 0.3 is 0 Å². The summed E-state index contributed by atoms with van der Waals surface area (Å²) in [4.78, 5) is 18.9. The standard InChI is InChI=1S/C15H17FN2O/c1-9-7-10(5-6-11(9)16)14-17-12(15(2,3)4)8-13(19)18-14/h5-8H,1-4H3,(H,17,18,19). The molecule has 0 aliphatic rings. The predicted molar refractivity (Wildman–Crippen MR) is 73.7 cm³/mol. The van der Waals surface area contributed by atoms with Crippen molar-refractivity contribution in [2.75, 3.05) is 0 Å². The maximum atomic E-state index is 13.3. The summed E-state index contributed by atoms with van der Waals surface area (Å²) in [6.07, 6.45) is 0. The van der Waals surface area contributed by atoms with Crippen LogP contribution >= 0.6 is 0 Å². The number of hydrogen-bond acceptors (Lipinski definition) is 2. The molecule has 0 radical (unpaired) electrons. The first-order valence-electron chi connectivity index (χ1n) is 6.16. The molecule has 1 heterocycles. The van der Waals surface area contributed by atoms with Crippen LogP contribution in [0, 0.1) is 12.7 Å². The second-order valence-electron chi connectivity index (χ2n) is 5.69. The quantitative estimate of drug-likeness (QED) is 0.856. The van der Waals surface area contributed by atoms with Gasteiger partial charge in [0.05, 0.1) is 5.69 Å². The van der Waals surface area contributed by atoms with E-state index in [9.17, 15) is 9.18 Å². The number of aromatic nitrogens is 2. The van der Waals surface area contributed by atoms with Crippen molar-refractivity contribution in [3.05, 3.63) is 51.7 Å². The molecule has 1 N–H and O–H groups in total. The van der Waals surface area contributed by atoms with Crippen molar-refractivity contribution < 1.29 is 4.39 Å². The molecule has 0 aliphatic heterocycles. The number of H-pyrrole nitrogens is 1. The molecule has 1 aromatic heterocycles. The van der Waals surface area contributed by atoms with E-state index < -0.39 is 0 Å². The third-order valence-corrected chi connectivity index (χ3v) is 2.94. The molecule has 0 atom stereocenters. The number of benzene rings is 1. The van der Waals surface area contributed by atoms with Gasteiger partial charge in [-0.15, -0.1) is 0 Å². The lowest BCUT2D eigenvalue weighted by Gasteiger charge is -2.18. The highest BCUT2D eigenvalue weighted by molar-refractivity contribution is 5.56. The van der Waals surface area contributed by atoms with Crippen molar-refractivity contribution in [3.63, 3.8) is 0 Å². The van der Waals surface area contributed by atoms with Crippen LogP contribution in [0.4, 0.5) is 4.39 Å². The summed E-state index contributed by atoms with van der Waals surface area (Å²) in [6, 6.07) is 6.18. The van der Waals surface area contributed by atoms with Gasteiger partial charge in [-0.3, -0.25) is 4.79 Å². The molecular formula is C15H17FN2O. The summed E-state index contributed by atoms with van der Waals surface area (Å²) in [5.74, 6) is 0.207. The van der Waals surface area contributed by atoms with E-state index in [1.807, 2.05) is 20.8 Å². The van der Waals surface area contributed by atoms with Crippen LogP contribution < -0.4 is 5.56 Å². The fourth-order valence-corrected chi connectivity index (χ4v) is 1.77. The van der Waals surface area contributed by atoms with Crippen LogP contribution in [-0.4, -0.2) is 9.97 Å². The van der Waals surface area contributed by atoms with E-state index in [1.165, 1.54) is 12.1 Å². The first-order chi connectivity index (χ1) is 8.77. The van der Waals surface area contributed by atoms with E-state index in [2.05, 4.69) is 9.97 Å². The fourth-order valence-electron chi connectivity index (χ4n) is 1.77. The van der Waals surface area contributed by atoms with Crippen LogP contribution in [-0.2, 0) is 5.41 Å². The van der Waals surface area contributed by atoms with E-state index in [-0.39, 0.29) is 16.8 Å². The minimum atomic E-state index is -0.266. The molecule has 0 bridgehead atoms. The molecule has 4 heteroatoms. The number of rotatable bonds is 1. The molecule has 2 aromatic rings. The second kappa shape index (κ2) is 4.61. The van der Waals surface area contributed by atoms with Crippen LogP contribution in [0.25, 0.3) is 11.4 Å². The van der Waals surface area contributed by atoms with E-state index in [1.54, 1.807) is 19.1 Å². The van der Waals surface area contributed by atoms with Crippen molar-refractivity contribution in [1.29, 1.82) is 0 Å². The monoisotopic (exact) mass is 260 g/mol. The smallest absolute Gasteiger partial charge is 0.251 e. The highest BCUT2D eigenvalue weighted by atomic mass is 19.1. The molecule has 0 aliphatic carbocycles. The zero-order valence-corrected chi connectivity index (χ0v) is 11.5. The van der Waals surface area contributed by atoms with Crippen LogP contribution in [0.5, 0.6) is 0 Å². The average molecular weight is 260 g/mol. The molecule has 0 unspecified atom stereocenters. The number of aryl methyl sites for hydroxylation is 1. The average Bonchev–Trinajstić information content (AvgIpc) is 2.31. The normalized spacial score (nSPS) is 11.6. The summed E-state index contributed by atoms with van der Waals surface area (Å²) < 4.78 is 13.3. The zero-order valence-electron chi connectivity index (χ0n) is 11.5. The van der Waals surface area contributed by atoms with Gasteiger partial charge in [-0.2, -0.15) is 0 Å². The van der Waals surface area contributed by atoms with E-state index in [0.29, 0.717) is 22.6 Å². The lowest BCUT2D eigenvalue weighted by atomic mass is 9.92. The minimum absolute atomic E-state index is 0.197. The topological polar surface area (TPSA) is 45.8 Å². The summed E-state index contributed by atoms with van der Waals surface area (Å²) in [7, 11) is 0. The van der Waals surface area contributed by atoms with Crippen molar-refractivity contribution in [2.24, 2.45) is 0 Å². The lowest BCUT2D eigenvalue weighted by molar-refractivity contribution is 0.566. The molecule has 0 fully saturated rings. The van der Waals surface area contributed by atoms with Crippen LogP contribution in [0.3, 0.4) is 0 Å². The molecule has 0 amide bonds. The zero-order chi connectivity index (χ0) is 14.2. The van der Waals surface area contributed by atoms with Gasteiger partial charge in [0.1, 0.15) is 11.6 Å².